The molecule has 2 heteroatoms. The highest BCUT2D eigenvalue weighted by Gasteiger charge is 2.36. The van der Waals surface area contributed by atoms with Gasteiger partial charge in [0, 0.05) is 18.8 Å². The fraction of sp³-hybridized carbons (Fsp3) is 0.647. The van der Waals surface area contributed by atoms with Crippen molar-refractivity contribution in [3.63, 3.8) is 0 Å². The zero-order chi connectivity index (χ0) is 13.3. The van der Waals surface area contributed by atoms with Crippen molar-refractivity contribution >= 4 is 5.69 Å². The van der Waals surface area contributed by atoms with Gasteiger partial charge in [-0.2, -0.15) is 0 Å². The zero-order valence-electron chi connectivity index (χ0n) is 11.9. The van der Waals surface area contributed by atoms with E-state index in [1.54, 1.807) is 0 Å². The average Bonchev–Trinajstić information content (AvgIpc) is 2.88. The van der Waals surface area contributed by atoms with Crippen molar-refractivity contribution < 1.29 is 5.11 Å². The summed E-state index contributed by atoms with van der Waals surface area (Å²) in [5.41, 5.74) is 3.01. The van der Waals surface area contributed by atoms with Crippen molar-refractivity contribution in [2.24, 2.45) is 5.41 Å². The quantitative estimate of drug-likeness (QED) is 0.870. The van der Waals surface area contributed by atoms with Crippen LogP contribution in [0.5, 0.6) is 0 Å². The summed E-state index contributed by atoms with van der Waals surface area (Å²) < 4.78 is 0. The van der Waals surface area contributed by atoms with Crippen molar-refractivity contribution in [2.45, 2.75) is 51.6 Å². The van der Waals surface area contributed by atoms with Crippen LogP contribution in [0, 0.1) is 5.41 Å². The van der Waals surface area contributed by atoms with Crippen LogP contribution in [-0.4, -0.2) is 18.2 Å². The molecule has 0 bridgehead atoms. The van der Waals surface area contributed by atoms with Crippen molar-refractivity contribution in [3.8, 4) is 0 Å². The molecule has 1 spiro atoms. The van der Waals surface area contributed by atoms with Crippen molar-refractivity contribution in [3.05, 3.63) is 29.8 Å². The first-order valence-corrected chi connectivity index (χ1v) is 7.72. The van der Waals surface area contributed by atoms with Crippen LogP contribution in [-0.2, 0) is 0 Å². The molecule has 0 unspecified atom stereocenters. The number of anilines is 1. The number of hydrogen-bond donors (Lipinski definition) is 1. The van der Waals surface area contributed by atoms with Gasteiger partial charge in [0.25, 0.3) is 0 Å². The largest absolute Gasteiger partial charge is 0.389 e. The van der Waals surface area contributed by atoms with Gasteiger partial charge in [0.05, 0.1) is 6.10 Å². The molecule has 2 aliphatic rings. The Morgan fingerprint density at radius 1 is 1.00 bits per heavy atom. The predicted octanol–water partition coefficient (Wildman–Crippen LogP) is 3.90. The molecule has 1 aliphatic heterocycles. The van der Waals surface area contributed by atoms with Gasteiger partial charge in [-0.15, -0.1) is 0 Å². The van der Waals surface area contributed by atoms with Crippen LogP contribution in [0.4, 0.5) is 5.69 Å². The second-order valence-corrected chi connectivity index (χ2v) is 6.46. The van der Waals surface area contributed by atoms with Gasteiger partial charge >= 0.3 is 0 Å². The van der Waals surface area contributed by atoms with Crippen molar-refractivity contribution in [1.82, 2.24) is 0 Å². The molecule has 19 heavy (non-hydrogen) atoms. The molecule has 1 aliphatic carbocycles. The molecule has 1 atom stereocenters. The molecule has 1 saturated carbocycles. The van der Waals surface area contributed by atoms with Crippen LogP contribution in [0.3, 0.4) is 0 Å². The molecule has 0 radical (unpaired) electrons. The number of aliphatic hydroxyl groups is 1. The first kappa shape index (κ1) is 13.0. The van der Waals surface area contributed by atoms with E-state index in [9.17, 15) is 5.11 Å². The standard InChI is InChI=1S/C17H25NO/c1-14(19)15-4-6-16(7-5-15)18-12-10-17(11-13-18)8-2-3-9-17/h4-7,14,19H,2-3,8-13H2,1H3/t14-/m1/s1. The summed E-state index contributed by atoms with van der Waals surface area (Å²) in [6, 6.07) is 8.43. The fourth-order valence-corrected chi connectivity index (χ4v) is 3.83. The topological polar surface area (TPSA) is 23.5 Å². The monoisotopic (exact) mass is 259 g/mol. The van der Waals surface area contributed by atoms with Gasteiger partial charge < -0.3 is 10.0 Å². The molecule has 1 heterocycles. The summed E-state index contributed by atoms with van der Waals surface area (Å²) in [5, 5.41) is 9.55. The van der Waals surface area contributed by atoms with Crippen LogP contribution in [0.1, 0.15) is 57.1 Å². The Labute approximate surface area is 116 Å². The highest BCUT2D eigenvalue weighted by molar-refractivity contribution is 5.48. The summed E-state index contributed by atoms with van der Waals surface area (Å²) in [4.78, 5) is 2.51. The molecule has 1 aromatic rings. The zero-order valence-corrected chi connectivity index (χ0v) is 11.9. The minimum atomic E-state index is -0.364. The Bertz CT molecular complexity index is 407. The number of benzene rings is 1. The summed E-state index contributed by atoms with van der Waals surface area (Å²) in [5.74, 6) is 0. The first-order chi connectivity index (χ1) is 9.19. The normalized spacial score (nSPS) is 23.8. The highest BCUT2D eigenvalue weighted by Crippen LogP contribution is 2.46. The minimum absolute atomic E-state index is 0.364. The summed E-state index contributed by atoms with van der Waals surface area (Å²) >= 11 is 0. The molecule has 2 fully saturated rings. The lowest BCUT2D eigenvalue weighted by Crippen LogP contribution is -2.38. The van der Waals surface area contributed by atoms with Crippen LogP contribution in [0.25, 0.3) is 0 Å². The highest BCUT2D eigenvalue weighted by atomic mass is 16.3. The van der Waals surface area contributed by atoms with Gasteiger partial charge in [0.15, 0.2) is 0 Å². The number of rotatable bonds is 2. The molecule has 1 N–H and O–H groups in total. The maximum atomic E-state index is 9.55. The van der Waals surface area contributed by atoms with E-state index >= 15 is 0 Å². The Morgan fingerprint density at radius 2 is 1.58 bits per heavy atom. The predicted molar refractivity (Wildman–Crippen MR) is 79.4 cm³/mol. The lowest BCUT2D eigenvalue weighted by Gasteiger charge is -2.40. The molecule has 0 aromatic heterocycles. The van der Waals surface area contributed by atoms with Gasteiger partial charge in [-0.1, -0.05) is 25.0 Å². The van der Waals surface area contributed by atoms with Crippen LogP contribution in [0.15, 0.2) is 24.3 Å². The second-order valence-electron chi connectivity index (χ2n) is 6.46. The van der Waals surface area contributed by atoms with Gasteiger partial charge in [-0.25, -0.2) is 0 Å². The van der Waals surface area contributed by atoms with Gasteiger partial charge in [-0.3, -0.25) is 0 Å². The second kappa shape index (κ2) is 5.16. The van der Waals surface area contributed by atoms with E-state index in [1.807, 2.05) is 6.92 Å². The Kier molecular flexibility index (Phi) is 3.53. The number of piperidine rings is 1. The first-order valence-electron chi connectivity index (χ1n) is 7.72. The number of hydrogen-bond acceptors (Lipinski definition) is 2. The number of nitrogens with zero attached hydrogens (tertiary/aromatic N) is 1. The summed E-state index contributed by atoms with van der Waals surface area (Å²) in [6.45, 7) is 4.22. The molecule has 1 saturated heterocycles. The van der Waals surface area contributed by atoms with Crippen LogP contribution in [0.2, 0.25) is 0 Å². The molecule has 2 nitrogen and oxygen atoms in total. The van der Waals surface area contributed by atoms with E-state index in [-0.39, 0.29) is 6.10 Å². The summed E-state index contributed by atoms with van der Waals surface area (Å²) in [7, 11) is 0. The fourth-order valence-electron chi connectivity index (χ4n) is 3.83. The van der Waals surface area contributed by atoms with Crippen molar-refractivity contribution in [2.75, 3.05) is 18.0 Å². The third kappa shape index (κ3) is 2.64. The lowest BCUT2D eigenvalue weighted by atomic mass is 9.77. The van der Waals surface area contributed by atoms with Gasteiger partial charge in [0.2, 0.25) is 0 Å². The van der Waals surface area contributed by atoms with Crippen LogP contribution >= 0.6 is 0 Å². The average molecular weight is 259 g/mol. The van der Waals surface area contributed by atoms with E-state index < -0.39 is 0 Å². The maximum absolute atomic E-state index is 9.55. The minimum Gasteiger partial charge on any atom is -0.389 e. The Balaban J connectivity index is 1.64. The molecule has 3 rings (SSSR count). The van der Waals surface area contributed by atoms with E-state index in [0.29, 0.717) is 5.41 Å². The van der Waals surface area contributed by atoms with E-state index in [1.165, 1.54) is 57.3 Å². The molecular weight excluding hydrogens is 234 g/mol. The molecule has 104 valence electrons. The van der Waals surface area contributed by atoms with Gasteiger partial charge in [-0.05, 0) is 55.7 Å². The third-order valence-electron chi connectivity index (χ3n) is 5.23. The smallest absolute Gasteiger partial charge is 0.0761 e. The molecule has 0 amide bonds. The van der Waals surface area contributed by atoms with Crippen molar-refractivity contribution in [1.29, 1.82) is 0 Å². The van der Waals surface area contributed by atoms with Crippen LogP contribution < -0.4 is 4.90 Å². The maximum Gasteiger partial charge on any atom is 0.0761 e. The summed E-state index contributed by atoms with van der Waals surface area (Å²) in [6.07, 6.45) is 8.18. The van der Waals surface area contributed by atoms with E-state index in [2.05, 4.69) is 29.2 Å². The number of aliphatic hydroxyl groups excluding tert-OH is 1. The Morgan fingerprint density at radius 3 is 2.11 bits per heavy atom. The lowest BCUT2D eigenvalue weighted by molar-refractivity contribution is 0.199. The SMILES string of the molecule is C[C@@H](O)c1ccc(N2CCC3(CCCC3)CC2)cc1. The molecular formula is C17H25NO. The van der Waals surface area contributed by atoms with E-state index in [0.717, 1.165) is 5.56 Å². The van der Waals surface area contributed by atoms with E-state index in [4.69, 9.17) is 0 Å². The van der Waals surface area contributed by atoms with Gasteiger partial charge in [0.1, 0.15) is 0 Å². The Hall–Kier alpha value is -1.02. The molecule has 1 aromatic carbocycles. The third-order valence-corrected chi connectivity index (χ3v) is 5.23.